The molecular formula is C21H18N2OS. The lowest BCUT2D eigenvalue weighted by molar-refractivity contribution is 1.19. The highest BCUT2D eigenvalue weighted by Crippen LogP contribution is 2.36. The molecular weight excluding hydrogens is 328 g/mol. The van der Waals surface area contributed by atoms with Crippen LogP contribution in [0.25, 0.3) is 32.7 Å². The average Bonchev–Trinajstić information content (AvgIpc) is 2.93. The smallest absolute Gasteiger partial charge is 0.260 e. The highest BCUT2D eigenvalue weighted by Gasteiger charge is 2.17. The quantitative estimate of drug-likeness (QED) is 0.539. The Morgan fingerprint density at radius 1 is 0.840 bits per heavy atom. The number of H-pyrrole nitrogens is 1. The fourth-order valence-corrected chi connectivity index (χ4v) is 4.08. The summed E-state index contributed by atoms with van der Waals surface area (Å²) in [6.07, 6.45) is 0. The Labute approximate surface area is 150 Å². The van der Waals surface area contributed by atoms with E-state index in [1.165, 1.54) is 11.1 Å². The maximum atomic E-state index is 12.8. The van der Waals surface area contributed by atoms with Gasteiger partial charge in [0, 0.05) is 16.0 Å². The Morgan fingerprint density at radius 2 is 1.40 bits per heavy atom. The summed E-state index contributed by atoms with van der Waals surface area (Å²) in [6.45, 7) is 6.15. The molecule has 0 aliphatic rings. The van der Waals surface area contributed by atoms with Crippen molar-refractivity contribution in [3.05, 3.63) is 74.9 Å². The third-order valence-corrected chi connectivity index (χ3v) is 5.40. The van der Waals surface area contributed by atoms with Gasteiger partial charge in [0.25, 0.3) is 5.56 Å². The second kappa shape index (κ2) is 5.97. The van der Waals surface area contributed by atoms with E-state index in [0.717, 1.165) is 26.4 Å². The maximum absolute atomic E-state index is 12.8. The van der Waals surface area contributed by atoms with Gasteiger partial charge >= 0.3 is 0 Å². The first-order chi connectivity index (χ1) is 12.0. The highest BCUT2D eigenvalue weighted by molar-refractivity contribution is 7.19. The summed E-state index contributed by atoms with van der Waals surface area (Å²) in [5, 5.41) is 0.683. The summed E-state index contributed by atoms with van der Waals surface area (Å²) in [4.78, 5) is 22.4. The van der Waals surface area contributed by atoms with Crippen molar-refractivity contribution < 1.29 is 0 Å². The average molecular weight is 346 g/mol. The molecule has 0 radical (unpaired) electrons. The van der Waals surface area contributed by atoms with Crippen molar-refractivity contribution in [2.75, 3.05) is 0 Å². The predicted octanol–water partition coefficient (Wildman–Crippen LogP) is 5.24. The Hall–Kier alpha value is -2.72. The van der Waals surface area contributed by atoms with Crippen molar-refractivity contribution >= 4 is 21.6 Å². The summed E-state index contributed by atoms with van der Waals surface area (Å²) in [5.74, 6) is 0.620. The Morgan fingerprint density at radius 3 is 2.00 bits per heavy atom. The van der Waals surface area contributed by atoms with Crippen LogP contribution in [0.15, 0.2) is 53.3 Å². The van der Waals surface area contributed by atoms with E-state index in [2.05, 4.69) is 36.2 Å². The van der Waals surface area contributed by atoms with Crippen LogP contribution in [0.4, 0.5) is 0 Å². The molecule has 0 unspecified atom stereocenters. The van der Waals surface area contributed by atoms with E-state index in [1.54, 1.807) is 11.3 Å². The Kier molecular flexibility index (Phi) is 3.77. The molecule has 0 fully saturated rings. The van der Waals surface area contributed by atoms with E-state index in [1.807, 2.05) is 38.1 Å². The second-order valence-electron chi connectivity index (χ2n) is 6.36. The van der Waals surface area contributed by atoms with Crippen LogP contribution in [0.2, 0.25) is 0 Å². The summed E-state index contributed by atoms with van der Waals surface area (Å²) in [6, 6.07) is 16.3. The lowest BCUT2D eigenvalue weighted by atomic mass is 10.0. The highest BCUT2D eigenvalue weighted by atomic mass is 32.1. The number of aromatic nitrogens is 2. The lowest BCUT2D eigenvalue weighted by Crippen LogP contribution is -2.09. The van der Waals surface area contributed by atoms with Crippen molar-refractivity contribution in [3.8, 4) is 22.5 Å². The van der Waals surface area contributed by atoms with E-state index in [4.69, 9.17) is 4.98 Å². The monoisotopic (exact) mass is 346 g/mol. The standard InChI is InChI=1S/C21H18N2OS/c1-12-4-8-15(9-5-12)17-14(3)25-21-18(17)20(24)22-19(23-21)16-10-6-13(2)7-11-16/h4-11H,1-3H3,(H,22,23,24). The third kappa shape index (κ3) is 2.79. The first-order valence-electron chi connectivity index (χ1n) is 8.20. The number of nitrogens with one attached hydrogen (secondary N) is 1. The van der Waals surface area contributed by atoms with Crippen LogP contribution < -0.4 is 5.56 Å². The van der Waals surface area contributed by atoms with Crippen LogP contribution in [0.5, 0.6) is 0 Å². The van der Waals surface area contributed by atoms with E-state index in [0.29, 0.717) is 11.2 Å². The van der Waals surface area contributed by atoms with Crippen molar-refractivity contribution in [3.63, 3.8) is 0 Å². The van der Waals surface area contributed by atoms with Gasteiger partial charge in [0.05, 0.1) is 5.39 Å². The molecule has 124 valence electrons. The normalized spacial score (nSPS) is 11.2. The molecule has 4 rings (SSSR count). The molecule has 0 bridgehead atoms. The molecule has 0 aliphatic carbocycles. The van der Waals surface area contributed by atoms with Gasteiger partial charge in [-0.15, -0.1) is 11.3 Å². The zero-order valence-electron chi connectivity index (χ0n) is 14.4. The van der Waals surface area contributed by atoms with Gasteiger partial charge in [-0.05, 0) is 26.3 Å². The second-order valence-corrected chi connectivity index (χ2v) is 7.56. The first-order valence-corrected chi connectivity index (χ1v) is 9.02. The van der Waals surface area contributed by atoms with Crippen molar-refractivity contribution in [1.82, 2.24) is 9.97 Å². The number of thiophene rings is 1. The molecule has 2 aromatic heterocycles. The topological polar surface area (TPSA) is 45.8 Å². The zero-order valence-corrected chi connectivity index (χ0v) is 15.2. The van der Waals surface area contributed by atoms with Gasteiger partial charge < -0.3 is 4.98 Å². The van der Waals surface area contributed by atoms with E-state index in [9.17, 15) is 4.79 Å². The first kappa shape index (κ1) is 15.8. The van der Waals surface area contributed by atoms with E-state index in [-0.39, 0.29) is 5.56 Å². The number of rotatable bonds is 2. The lowest BCUT2D eigenvalue weighted by Gasteiger charge is -2.04. The minimum atomic E-state index is -0.0829. The molecule has 2 aromatic carbocycles. The number of hydrogen-bond acceptors (Lipinski definition) is 3. The molecule has 4 aromatic rings. The minimum absolute atomic E-state index is 0.0829. The number of nitrogens with zero attached hydrogens (tertiary/aromatic N) is 1. The maximum Gasteiger partial charge on any atom is 0.260 e. The minimum Gasteiger partial charge on any atom is -0.306 e. The Bertz CT molecular complexity index is 1120. The molecule has 0 saturated carbocycles. The van der Waals surface area contributed by atoms with Crippen molar-refractivity contribution in [1.29, 1.82) is 0 Å². The molecule has 3 nitrogen and oxygen atoms in total. The van der Waals surface area contributed by atoms with Gasteiger partial charge in [0.15, 0.2) is 0 Å². The van der Waals surface area contributed by atoms with E-state index < -0.39 is 0 Å². The molecule has 1 N–H and O–H groups in total. The van der Waals surface area contributed by atoms with Gasteiger partial charge in [0.2, 0.25) is 0 Å². The molecule has 2 heterocycles. The molecule has 0 atom stereocenters. The van der Waals surface area contributed by atoms with Crippen LogP contribution in [-0.4, -0.2) is 9.97 Å². The van der Waals surface area contributed by atoms with Gasteiger partial charge in [-0.25, -0.2) is 4.98 Å². The molecule has 4 heteroatoms. The summed E-state index contributed by atoms with van der Waals surface area (Å²) >= 11 is 1.57. The third-order valence-electron chi connectivity index (χ3n) is 4.40. The van der Waals surface area contributed by atoms with Crippen LogP contribution >= 0.6 is 11.3 Å². The number of fused-ring (bicyclic) bond motifs is 1. The van der Waals surface area contributed by atoms with Crippen molar-refractivity contribution in [2.45, 2.75) is 20.8 Å². The molecule has 0 amide bonds. The predicted molar refractivity (Wildman–Crippen MR) is 105 cm³/mol. The molecule has 25 heavy (non-hydrogen) atoms. The molecule has 0 saturated heterocycles. The van der Waals surface area contributed by atoms with E-state index >= 15 is 0 Å². The summed E-state index contributed by atoms with van der Waals surface area (Å²) in [7, 11) is 0. The number of aryl methyl sites for hydroxylation is 3. The SMILES string of the molecule is Cc1ccc(-c2nc3sc(C)c(-c4ccc(C)cc4)c3c(=O)[nH]2)cc1. The molecule has 0 spiro atoms. The van der Waals surface area contributed by atoms with Crippen LogP contribution in [-0.2, 0) is 0 Å². The zero-order chi connectivity index (χ0) is 17.6. The van der Waals surface area contributed by atoms with Crippen molar-refractivity contribution in [2.24, 2.45) is 0 Å². The Balaban J connectivity index is 1.93. The van der Waals surface area contributed by atoms with Gasteiger partial charge in [-0.1, -0.05) is 59.7 Å². The summed E-state index contributed by atoms with van der Waals surface area (Å²) in [5.41, 5.74) is 5.28. The van der Waals surface area contributed by atoms with Crippen LogP contribution in [0, 0.1) is 20.8 Å². The number of benzene rings is 2. The largest absolute Gasteiger partial charge is 0.306 e. The summed E-state index contributed by atoms with van der Waals surface area (Å²) < 4.78 is 0. The van der Waals surface area contributed by atoms with Gasteiger partial charge in [0.1, 0.15) is 10.7 Å². The molecule has 0 aliphatic heterocycles. The van der Waals surface area contributed by atoms with Crippen LogP contribution in [0.3, 0.4) is 0 Å². The van der Waals surface area contributed by atoms with Crippen LogP contribution in [0.1, 0.15) is 16.0 Å². The van der Waals surface area contributed by atoms with Gasteiger partial charge in [-0.3, -0.25) is 4.79 Å². The fourth-order valence-electron chi connectivity index (χ4n) is 3.03. The fraction of sp³-hybridized carbons (Fsp3) is 0.143. The van der Waals surface area contributed by atoms with Gasteiger partial charge in [-0.2, -0.15) is 0 Å². The number of hydrogen-bond donors (Lipinski definition) is 1. The number of aromatic amines is 1.